The summed E-state index contributed by atoms with van der Waals surface area (Å²) in [4.78, 5) is 23.4. The largest absolute Gasteiger partial charge is 0.467 e. The van der Waals surface area contributed by atoms with Gasteiger partial charge in [-0.25, -0.2) is 0 Å². The van der Waals surface area contributed by atoms with Crippen LogP contribution in [0.1, 0.15) is 35.3 Å². The second-order valence-electron chi connectivity index (χ2n) is 4.06. The molecule has 0 aliphatic rings. The fourth-order valence-electron chi connectivity index (χ4n) is 1.58. The van der Waals surface area contributed by atoms with E-state index in [2.05, 4.69) is 10.6 Å². The average Bonchev–Trinajstić information content (AvgIpc) is 2.97. The number of nitrogens with one attached hydrogen (secondary N) is 2. The molecule has 0 fully saturated rings. The summed E-state index contributed by atoms with van der Waals surface area (Å²) in [6.07, 6.45) is 1.57. The minimum atomic E-state index is -0.200. The van der Waals surface area contributed by atoms with E-state index in [1.54, 1.807) is 24.5 Å². The summed E-state index contributed by atoms with van der Waals surface area (Å²) in [6.45, 7) is 3.28. The molecule has 0 bridgehead atoms. The molecular weight excluding hydrogens is 264 g/mol. The highest BCUT2D eigenvalue weighted by Crippen LogP contribution is 2.22. The molecule has 0 aromatic carbocycles. The predicted octanol–water partition coefficient (Wildman–Crippen LogP) is 2.79. The van der Waals surface area contributed by atoms with Gasteiger partial charge in [-0.3, -0.25) is 9.59 Å². The van der Waals surface area contributed by atoms with Crippen molar-refractivity contribution in [2.75, 3.05) is 5.32 Å². The summed E-state index contributed by atoms with van der Waals surface area (Å²) >= 11 is 1.23. The Kier molecular flexibility index (Phi) is 4.01. The molecule has 19 heavy (non-hydrogen) atoms. The molecule has 0 aliphatic carbocycles. The van der Waals surface area contributed by atoms with Crippen LogP contribution < -0.4 is 10.6 Å². The zero-order chi connectivity index (χ0) is 13.8. The predicted molar refractivity (Wildman–Crippen MR) is 73.2 cm³/mol. The third kappa shape index (κ3) is 3.45. The molecule has 2 amide bonds. The van der Waals surface area contributed by atoms with Gasteiger partial charge in [0.2, 0.25) is 5.91 Å². The summed E-state index contributed by atoms with van der Waals surface area (Å²) in [5.74, 6) is 0.357. The van der Waals surface area contributed by atoms with E-state index in [1.807, 2.05) is 13.0 Å². The lowest BCUT2D eigenvalue weighted by Crippen LogP contribution is -2.25. The van der Waals surface area contributed by atoms with Crippen LogP contribution in [-0.2, 0) is 4.79 Å². The maximum absolute atomic E-state index is 12.0. The van der Waals surface area contributed by atoms with Crippen molar-refractivity contribution in [1.29, 1.82) is 0 Å². The number of carbonyl (C=O) groups excluding carboxylic acids is 2. The van der Waals surface area contributed by atoms with Gasteiger partial charge < -0.3 is 15.1 Å². The minimum Gasteiger partial charge on any atom is -0.467 e. The molecule has 6 heteroatoms. The zero-order valence-electron chi connectivity index (χ0n) is 10.6. The SMILES string of the molecule is CC(=O)Nc1ccc(C(=O)NC(C)c2ccco2)s1. The number of anilines is 1. The lowest BCUT2D eigenvalue weighted by molar-refractivity contribution is -0.114. The summed E-state index contributed by atoms with van der Waals surface area (Å²) in [7, 11) is 0. The normalized spacial score (nSPS) is 11.9. The first-order chi connectivity index (χ1) is 9.06. The number of amides is 2. The van der Waals surface area contributed by atoms with E-state index in [1.165, 1.54) is 18.3 Å². The Hall–Kier alpha value is -2.08. The fourth-order valence-corrected chi connectivity index (χ4v) is 2.43. The second kappa shape index (κ2) is 5.71. The number of rotatable bonds is 4. The molecule has 1 unspecified atom stereocenters. The van der Waals surface area contributed by atoms with Gasteiger partial charge in [0, 0.05) is 6.92 Å². The Bertz CT molecular complexity index is 574. The van der Waals surface area contributed by atoms with Crippen LogP contribution in [0.4, 0.5) is 5.00 Å². The van der Waals surface area contributed by atoms with Crippen LogP contribution in [0, 0.1) is 0 Å². The van der Waals surface area contributed by atoms with Gasteiger partial charge in [0.1, 0.15) is 5.76 Å². The zero-order valence-corrected chi connectivity index (χ0v) is 11.4. The van der Waals surface area contributed by atoms with Crippen molar-refractivity contribution >= 4 is 28.2 Å². The van der Waals surface area contributed by atoms with Gasteiger partial charge in [-0.2, -0.15) is 0 Å². The third-order valence-electron chi connectivity index (χ3n) is 2.45. The van der Waals surface area contributed by atoms with Crippen molar-refractivity contribution in [2.24, 2.45) is 0 Å². The lowest BCUT2D eigenvalue weighted by atomic mass is 10.2. The van der Waals surface area contributed by atoms with Gasteiger partial charge in [0.25, 0.3) is 5.91 Å². The number of hydrogen-bond acceptors (Lipinski definition) is 4. The number of thiophene rings is 1. The molecule has 2 heterocycles. The molecule has 5 nitrogen and oxygen atoms in total. The quantitative estimate of drug-likeness (QED) is 0.903. The van der Waals surface area contributed by atoms with Crippen LogP contribution >= 0.6 is 11.3 Å². The molecule has 2 N–H and O–H groups in total. The highest BCUT2D eigenvalue weighted by atomic mass is 32.1. The summed E-state index contributed by atoms with van der Waals surface area (Å²) < 4.78 is 5.22. The monoisotopic (exact) mass is 278 g/mol. The highest BCUT2D eigenvalue weighted by Gasteiger charge is 2.15. The van der Waals surface area contributed by atoms with Gasteiger partial charge >= 0.3 is 0 Å². The molecule has 2 aromatic heterocycles. The Morgan fingerprint density at radius 3 is 2.74 bits per heavy atom. The maximum atomic E-state index is 12.0. The van der Waals surface area contributed by atoms with Crippen LogP contribution in [0.5, 0.6) is 0 Å². The van der Waals surface area contributed by atoms with Crippen molar-refractivity contribution in [3.63, 3.8) is 0 Å². The van der Waals surface area contributed by atoms with Crippen LogP contribution in [-0.4, -0.2) is 11.8 Å². The molecule has 0 aliphatic heterocycles. The second-order valence-corrected chi connectivity index (χ2v) is 5.14. The molecule has 100 valence electrons. The number of hydrogen-bond donors (Lipinski definition) is 2. The van der Waals surface area contributed by atoms with Crippen molar-refractivity contribution in [1.82, 2.24) is 5.32 Å². The highest BCUT2D eigenvalue weighted by molar-refractivity contribution is 7.18. The molecule has 0 saturated heterocycles. The average molecular weight is 278 g/mol. The maximum Gasteiger partial charge on any atom is 0.262 e. The number of carbonyl (C=O) groups is 2. The van der Waals surface area contributed by atoms with Gasteiger partial charge in [-0.1, -0.05) is 0 Å². The topological polar surface area (TPSA) is 71.3 Å². The van der Waals surface area contributed by atoms with Crippen molar-refractivity contribution < 1.29 is 14.0 Å². The van der Waals surface area contributed by atoms with Crippen LogP contribution in [0.25, 0.3) is 0 Å². The van der Waals surface area contributed by atoms with E-state index in [0.717, 1.165) is 0 Å². The summed E-state index contributed by atoms with van der Waals surface area (Å²) in [5, 5.41) is 6.13. The summed E-state index contributed by atoms with van der Waals surface area (Å²) in [5.41, 5.74) is 0. The van der Waals surface area contributed by atoms with E-state index < -0.39 is 0 Å². The molecule has 0 saturated carbocycles. The van der Waals surface area contributed by atoms with Crippen LogP contribution in [0.2, 0.25) is 0 Å². The molecule has 0 spiro atoms. The van der Waals surface area contributed by atoms with E-state index in [9.17, 15) is 9.59 Å². The minimum absolute atomic E-state index is 0.155. The standard InChI is InChI=1S/C13H14N2O3S/c1-8(10-4-3-7-18-10)14-13(17)11-5-6-12(19-11)15-9(2)16/h3-8H,1-2H3,(H,14,17)(H,15,16). The van der Waals surface area contributed by atoms with Crippen molar-refractivity contribution in [3.8, 4) is 0 Å². The molecule has 0 radical (unpaired) electrons. The fraction of sp³-hybridized carbons (Fsp3) is 0.231. The molecule has 2 rings (SSSR count). The molecule has 1 atom stereocenters. The first-order valence-electron chi connectivity index (χ1n) is 5.78. The Morgan fingerprint density at radius 1 is 1.32 bits per heavy atom. The van der Waals surface area contributed by atoms with Crippen LogP contribution in [0.15, 0.2) is 34.9 Å². The Labute approximate surface area is 114 Å². The van der Waals surface area contributed by atoms with Gasteiger partial charge in [0.05, 0.1) is 22.2 Å². The number of furan rings is 1. The van der Waals surface area contributed by atoms with Gasteiger partial charge in [-0.05, 0) is 31.2 Å². The lowest BCUT2D eigenvalue weighted by Gasteiger charge is -2.10. The first-order valence-corrected chi connectivity index (χ1v) is 6.59. The molecule has 2 aromatic rings. The van der Waals surface area contributed by atoms with E-state index >= 15 is 0 Å². The Morgan fingerprint density at radius 2 is 2.11 bits per heavy atom. The van der Waals surface area contributed by atoms with E-state index in [4.69, 9.17) is 4.42 Å². The van der Waals surface area contributed by atoms with Crippen molar-refractivity contribution in [3.05, 3.63) is 41.2 Å². The smallest absolute Gasteiger partial charge is 0.262 e. The summed E-state index contributed by atoms with van der Waals surface area (Å²) in [6, 6.07) is 6.77. The third-order valence-corrected chi connectivity index (χ3v) is 3.45. The van der Waals surface area contributed by atoms with E-state index in [-0.39, 0.29) is 17.9 Å². The van der Waals surface area contributed by atoms with Gasteiger partial charge in [0.15, 0.2) is 0 Å². The Balaban J connectivity index is 2.00. The van der Waals surface area contributed by atoms with Crippen LogP contribution in [0.3, 0.4) is 0 Å². The van der Waals surface area contributed by atoms with Gasteiger partial charge in [-0.15, -0.1) is 11.3 Å². The van der Waals surface area contributed by atoms with Crippen molar-refractivity contribution in [2.45, 2.75) is 19.9 Å². The molecular formula is C13H14N2O3S. The van der Waals surface area contributed by atoms with E-state index in [0.29, 0.717) is 15.6 Å². The first kappa shape index (κ1) is 13.4.